The number of phenols is 1. The number of aryl methyl sites for hydroxylation is 2. The van der Waals surface area contributed by atoms with Gasteiger partial charge in [-0.25, -0.2) is 0 Å². The number of aromatic hydroxyl groups is 1. The Morgan fingerprint density at radius 1 is 0.593 bits per heavy atom. The Morgan fingerprint density at radius 3 is 1.65 bits per heavy atom. The first-order chi connectivity index (χ1) is 25.7. The molecule has 54 heavy (non-hydrogen) atoms. The van der Waals surface area contributed by atoms with Gasteiger partial charge in [0, 0.05) is 16.6 Å². The van der Waals surface area contributed by atoms with E-state index >= 15 is 0 Å². The number of hydrogen-bond donors (Lipinski definition) is 4. The maximum Gasteiger partial charge on any atom is 0.296 e. The Labute approximate surface area is 309 Å². The van der Waals surface area contributed by atoms with Gasteiger partial charge in [0.05, 0.1) is 33.3 Å². The average Bonchev–Trinajstić information content (AvgIpc) is 3.14. The van der Waals surface area contributed by atoms with Gasteiger partial charge in [-0.15, -0.1) is 5.11 Å². The highest BCUT2D eigenvalue weighted by Crippen LogP contribution is 2.42. The summed E-state index contributed by atoms with van der Waals surface area (Å²) in [6, 6.07) is 29.4. The smallest absolute Gasteiger partial charge is 0.296 e. The van der Waals surface area contributed by atoms with E-state index in [4.69, 9.17) is 4.55 Å². The summed E-state index contributed by atoms with van der Waals surface area (Å²) in [5.74, 6) is -0.924. The van der Waals surface area contributed by atoms with Gasteiger partial charge in [-0.3, -0.25) is 13.9 Å². The van der Waals surface area contributed by atoms with Crippen LogP contribution in [0.2, 0.25) is 0 Å². The molecule has 0 aliphatic carbocycles. The highest BCUT2D eigenvalue weighted by Gasteiger charge is 2.22. The number of anilines is 1. The first-order valence-electron chi connectivity index (χ1n) is 15.8. The van der Waals surface area contributed by atoms with Crippen molar-refractivity contribution in [2.24, 2.45) is 30.7 Å². The zero-order valence-electron chi connectivity index (χ0n) is 28.4. The van der Waals surface area contributed by atoms with Gasteiger partial charge in [0.25, 0.3) is 26.1 Å². The molecular formula is C37H29N7O8S2. The average molecular weight is 764 g/mol. The van der Waals surface area contributed by atoms with Crippen molar-refractivity contribution in [2.45, 2.75) is 23.6 Å². The summed E-state index contributed by atoms with van der Waals surface area (Å²) >= 11 is 0. The minimum Gasteiger partial charge on any atom is -0.505 e. The number of rotatable bonds is 10. The quantitative estimate of drug-likeness (QED) is 0.0772. The van der Waals surface area contributed by atoms with Gasteiger partial charge in [-0.05, 0) is 127 Å². The predicted molar refractivity (Wildman–Crippen MR) is 201 cm³/mol. The molecule has 0 aliphatic rings. The summed E-state index contributed by atoms with van der Waals surface area (Å²) in [4.78, 5) is 11.7. The van der Waals surface area contributed by atoms with E-state index in [1.54, 1.807) is 80.6 Å². The molecule has 0 saturated heterocycles. The van der Waals surface area contributed by atoms with Crippen LogP contribution in [-0.4, -0.2) is 37.0 Å². The van der Waals surface area contributed by atoms with E-state index in [-0.39, 0.29) is 21.6 Å². The lowest BCUT2D eigenvalue weighted by molar-refractivity contribution is 0.102. The number of azo groups is 3. The van der Waals surface area contributed by atoms with Gasteiger partial charge >= 0.3 is 0 Å². The van der Waals surface area contributed by atoms with Crippen molar-refractivity contribution in [2.75, 3.05) is 5.32 Å². The molecule has 0 aromatic heterocycles. The number of nitrogens with one attached hydrogen (secondary N) is 1. The maximum absolute atomic E-state index is 12.6. The van der Waals surface area contributed by atoms with Crippen molar-refractivity contribution < 1.29 is 35.8 Å². The summed E-state index contributed by atoms with van der Waals surface area (Å²) in [6.45, 7) is 3.50. The lowest BCUT2D eigenvalue weighted by Gasteiger charge is -2.11. The zero-order chi connectivity index (χ0) is 38.6. The Bertz CT molecular complexity index is 2720. The molecule has 272 valence electrons. The Morgan fingerprint density at radius 2 is 1.11 bits per heavy atom. The zero-order valence-corrected chi connectivity index (χ0v) is 30.0. The van der Waals surface area contributed by atoms with Crippen molar-refractivity contribution in [3.8, 4) is 5.75 Å². The molecule has 0 radical (unpaired) electrons. The fourth-order valence-electron chi connectivity index (χ4n) is 5.12. The molecule has 0 bridgehead atoms. The minimum absolute atomic E-state index is 0.210. The number of carbonyl (C=O) groups is 1. The predicted octanol–water partition coefficient (Wildman–Crippen LogP) is 10.2. The third-order valence-corrected chi connectivity index (χ3v) is 9.67. The monoisotopic (exact) mass is 763 g/mol. The SMILES string of the molecule is Cc1cc(N=Nc2c(S(=O)(=O)O)cc3cc(NC(=O)c4ccccc4)ccc3c2O)c(C)cc1N=Nc1ccc(N=Nc2ccc(S(=O)(=O)O)cc2)cc1. The molecule has 0 fully saturated rings. The van der Waals surface area contributed by atoms with Gasteiger partial charge in [0.15, 0.2) is 5.75 Å². The van der Waals surface area contributed by atoms with Crippen LogP contribution in [0.25, 0.3) is 10.8 Å². The second kappa shape index (κ2) is 15.2. The van der Waals surface area contributed by atoms with E-state index in [1.165, 1.54) is 42.5 Å². The molecule has 0 atom stereocenters. The van der Waals surface area contributed by atoms with Gasteiger partial charge in [0.2, 0.25) is 0 Å². The van der Waals surface area contributed by atoms with Crippen LogP contribution in [0.15, 0.2) is 156 Å². The second-order valence-corrected chi connectivity index (χ2v) is 14.6. The third-order valence-electron chi connectivity index (χ3n) is 7.93. The maximum atomic E-state index is 12.6. The Kier molecular flexibility index (Phi) is 10.5. The van der Waals surface area contributed by atoms with Gasteiger partial charge < -0.3 is 10.4 Å². The van der Waals surface area contributed by atoms with Crippen molar-refractivity contribution in [1.82, 2.24) is 0 Å². The molecule has 0 unspecified atom stereocenters. The second-order valence-electron chi connectivity index (χ2n) is 11.8. The third kappa shape index (κ3) is 8.73. The van der Waals surface area contributed by atoms with Crippen molar-refractivity contribution in [3.63, 3.8) is 0 Å². The van der Waals surface area contributed by atoms with E-state index < -0.39 is 36.6 Å². The van der Waals surface area contributed by atoms with Crippen LogP contribution in [0.4, 0.5) is 39.8 Å². The summed E-state index contributed by atoms with van der Waals surface area (Å²) in [5, 5.41) is 39.3. The molecule has 6 rings (SSSR count). The Balaban J connectivity index is 1.19. The van der Waals surface area contributed by atoms with Gasteiger partial charge in [0.1, 0.15) is 10.6 Å². The van der Waals surface area contributed by atoms with Crippen LogP contribution in [0.5, 0.6) is 5.75 Å². The van der Waals surface area contributed by atoms with Gasteiger partial charge in [-0.2, -0.15) is 42.4 Å². The van der Waals surface area contributed by atoms with E-state index in [0.717, 1.165) is 6.07 Å². The molecule has 0 spiro atoms. The lowest BCUT2D eigenvalue weighted by atomic mass is 10.1. The Hall–Kier alpha value is -6.53. The summed E-state index contributed by atoms with van der Waals surface area (Å²) in [5.41, 5.74) is 3.80. The number of amides is 1. The van der Waals surface area contributed by atoms with Crippen molar-refractivity contribution >= 4 is 76.7 Å². The molecular weight excluding hydrogens is 735 g/mol. The first kappa shape index (κ1) is 37.2. The number of carbonyl (C=O) groups excluding carboxylic acids is 1. The fraction of sp³-hybridized carbons (Fsp3) is 0.0541. The molecule has 0 saturated carbocycles. The number of phenolic OH excluding ortho intramolecular Hbond substituents is 1. The van der Waals surface area contributed by atoms with Crippen LogP contribution in [0.1, 0.15) is 21.5 Å². The van der Waals surface area contributed by atoms with Crippen LogP contribution in [-0.2, 0) is 20.2 Å². The van der Waals surface area contributed by atoms with Gasteiger partial charge in [-0.1, -0.05) is 18.2 Å². The number of nitrogens with zero attached hydrogens (tertiary/aromatic N) is 6. The molecule has 4 N–H and O–H groups in total. The normalized spacial score (nSPS) is 12.3. The number of hydrogen-bond acceptors (Lipinski definition) is 12. The first-order valence-corrected chi connectivity index (χ1v) is 18.7. The van der Waals surface area contributed by atoms with Crippen LogP contribution in [0.3, 0.4) is 0 Å². The van der Waals surface area contributed by atoms with Crippen molar-refractivity contribution in [1.29, 1.82) is 0 Å². The van der Waals surface area contributed by atoms with E-state index in [0.29, 0.717) is 50.8 Å². The summed E-state index contributed by atoms with van der Waals surface area (Å²) < 4.78 is 66.4. The molecule has 15 nitrogen and oxygen atoms in total. The molecule has 1 amide bonds. The summed E-state index contributed by atoms with van der Waals surface area (Å²) in [6.07, 6.45) is 0. The summed E-state index contributed by atoms with van der Waals surface area (Å²) in [7, 11) is -9.18. The van der Waals surface area contributed by atoms with E-state index in [2.05, 4.69) is 36.0 Å². The molecule has 6 aromatic carbocycles. The van der Waals surface area contributed by atoms with Crippen molar-refractivity contribution in [3.05, 3.63) is 132 Å². The minimum atomic E-state index is -4.88. The standard InChI is InChI=1S/C37H29N7O8S2/c1-22-19-33(23(2)18-32(22)42-41-27-10-8-26(9-11-27)39-40-28-12-15-30(16-13-28)53(47,48)49)43-44-35-34(54(50,51)52)21-25-20-29(14-17-31(25)36(35)45)38-37(46)24-6-4-3-5-7-24/h3-21,45H,1-2H3,(H,38,46)(H,47,48,49)(H,50,51,52). The molecule has 0 aliphatic heterocycles. The fourth-order valence-corrected chi connectivity index (χ4v) is 6.26. The highest BCUT2D eigenvalue weighted by atomic mass is 32.2. The van der Waals surface area contributed by atoms with Crippen LogP contribution >= 0.6 is 0 Å². The van der Waals surface area contributed by atoms with E-state index in [1.807, 2.05) is 0 Å². The van der Waals surface area contributed by atoms with Crippen LogP contribution < -0.4 is 5.32 Å². The number of fused-ring (bicyclic) bond motifs is 1. The van der Waals surface area contributed by atoms with E-state index in [9.17, 15) is 31.3 Å². The lowest BCUT2D eigenvalue weighted by Crippen LogP contribution is -2.11. The largest absolute Gasteiger partial charge is 0.505 e. The molecule has 0 heterocycles. The highest BCUT2D eigenvalue weighted by molar-refractivity contribution is 7.86. The topological polar surface area (TPSA) is 232 Å². The number of benzene rings is 6. The van der Waals surface area contributed by atoms with Crippen LogP contribution in [0, 0.1) is 13.8 Å². The molecule has 6 aromatic rings. The molecule has 17 heteroatoms.